The molecule has 0 aliphatic carbocycles. The largest absolute Gasteiger partial charge is 0.481 e. The van der Waals surface area contributed by atoms with Crippen molar-refractivity contribution >= 4 is 33.7 Å². The van der Waals surface area contributed by atoms with E-state index in [-0.39, 0.29) is 17.3 Å². The molecule has 4 rings (SSSR count). The number of carbonyl (C=O) groups excluding carboxylic acids is 2. The number of amides is 2. The second-order valence-corrected chi connectivity index (χ2v) is 11.4. The molecule has 3 aliphatic heterocycles. The van der Waals surface area contributed by atoms with Crippen LogP contribution in [0.3, 0.4) is 0 Å². The molecule has 1 aromatic rings. The Morgan fingerprint density at radius 1 is 1.35 bits per heavy atom. The second kappa shape index (κ2) is 8.77. The summed E-state index contributed by atoms with van der Waals surface area (Å²) in [6.45, 7) is 9.30. The smallest absolute Gasteiger partial charge is 0.310 e. The molecule has 8 nitrogen and oxygen atoms in total. The number of benzene rings is 1. The Morgan fingerprint density at radius 3 is 2.53 bits per heavy atom. The highest BCUT2D eigenvalue weighted by Crippen LogP contribution is 2.61. The van der Waals surface area contributed by atoms with Crippen molar-refractivity contribution in [1.82, 2.24) is 9.80 Å². The molecule has 2 N–H and O–H groups in total. The minimum atomic E-state index is -1.30. The quantitative estimate of drug-likeness (QED) is 0.410. The number of carboxylic acid groups (broad SMARTS) is 1. The minimum Gasteiger partial charge on any atom is -0.481 e. The molecule has 0 saturated carbocycles. The lowest BCUT2D eigenvalue weighted by Crippen LogP contribution is -2.60. The average molecular weight is 535 g/mol. The van der Waals surface area contributed by atoms with Crippen LogP contribution in [-0.4, -0.2) is 79.1 Å². The number of alkyl halides is 1. The summed E-state index contributed by atoms with van der Waals surface area (Å²) in [5.41, 5.74) is -1.23. The summed E-state index contributed by atoms with van der Waals surface area (Å²) in [7, 11) is 0. The Bertz CT molecular complexity index is 995. The minimum absolute atomic E-state index is 0.250. The molecule has 2 bridgehead atoms. The van der Waals surface area contributed by atoms with E-state index in [4.69, 9.17) is 4.74 Å². The van der Waals surface area contributed by atoms with Crippen molar-refractivity contribution in [3.05, 3.63) is 48.6 Å². The van der Waals surface area contributed by atoms with Gasteiger partial charge < -0.3 is 24.7 Å². The van der Waals surface area contributed by atoms with Gasteiger partial charge in [0.25, 0.3) is 0 Å². The maximum absolute atomic E-state index is 14.3. The Kier molecular flexibility index (Phi) is 6.42. The number of likely N-dealkylation sites (tertiary alicyclic amines) is 1. The molecule has 3 saturated heterocycles. The van der Waals surface area contributed by atoms with Crippen LogP contribution in [0.25, 0.3) is 0 Å². The standard InChI is InChI=1S/C25H31BrN2O6/c1-5-11-27(24(2,3)4)22(31)20-25-12-15(26)19(34-25)17(23(32)33)18(25)21(30)28(20)16(13-29)14-9-7-6-8-10-14/h5-10,15-20,29H,1,11-13H2,2-4H3,(H,32,33)/t15?,16-,17-,18+,19-,20-,25+/m1/s1. The number of aliphatic carboxylic acids is 1. The molecule has 7 atom stereocenters. The van der Waals surface area contributed by atoms with Crippen LogP contribution in [0.4, 0.5) is 0 Å². The number of ether oxygens (including phenoxy) is 1. The number of rotatable bonds is 7. The number of halogens is 1. The van der Waals surface area contributed by atoms with Gasteiger partial charge in [0, 0.05) is 16.9 Å². The summed E-state index contributed by atoms with van der Waals surface area (Å²) < 4.78 is 6.33. The average Bonchev–Trinajstić information content (AvgIpc) is 3.36. The first-order valence-electron chi connectivity index (χ1n) is 11.4. The third kappa shape index (κ3) is 3.60. The van der Waals surface area contributed by atoms with Crippen LogP contribution in [0.1, 0.15) is 38.8 Å². The Labute approximate surface area is 207 Å². The predicted molar refractivity (Wildman–Crippen MR) is 128 cm³/mol. The highest BCUT2D eigenvalue weighted by molar-refractivity contribution is 9.09. The van der Waals surface area contributed by atoms with Gasteiger partial charge in [0.15, 0.2) is 0 Å². The van der Waals surface area contributed by atoms with Gasteiger partial charge in [-0.2, -0.15) is 0 Å². The molecule has 1 aromatic carbocycles. The molecule has 3 fully saturated rings. The summed E-state index contributed by atoms with van der Waals surface area (Å²) in [5, 5.41) is 20.4. The zero-order valence-corrected chi connectivity index (χ0v) is 21.1. The first-order chi connectivity index (χ1) is 16.0. The Hall–Kier alpha value is -2.23. The van der Waals surface area contributed by atoms with Crippen LogP contribution < -0.4 is 0 Å². The van der Waals surface area contributed by atoms with Crippen LogP contribution >= 0.6 is 15.9 Å². The first kappa shape index (κ1) is 24.9. The van der Waals surface area contributed by atoms with Crippen molar-refractivity contribution in [2.45, 2.75) is 61.3 Å². The van der Waals surface area contributed by atoms with Crippen LogP contribution in [0, 0.1) is 11.8 Å². The number of carboxylic acids is 1. The van der Waals surface area contributed by atoms with E-state index in [1.54, 1.807) is 35.2 Å². The molecule has 1 spiro atoms. The van der Waals surface area contributed by atoms with Gasteiger partial charge in [-0.15, -0.1) is 6.58 Å². The van der Waals surface area contributed by atoms with E-state index in [0.717, 1.165) is 0 Å². The zero-order chi connectivity index (χ0) is 25.0. The Balaban J connectivity index is 1.89. The van der Waals surface area contributed by atoms with Gasteiger partial charge in [-0.3, -0.25) is 14.4 Å². The van der Waals surface area contributed by atoms with Crippen molar-refractivity contribution in [2.24, 2.45) is 11.8 Å². The second-order valence-electron chi connectivity index (χ2n) is 10.3. The molecule has 0 radical (unpaired) electrons. The fraction of sp³-hybridized carbons (Fsp3) is 0.560. The lowest BCUT2D eigenvalue weighted by molar-refractivity contribution is -0.155. The predicted octanol–water partition coefficient (Wildman–Crippen LogP) is 2.37. The highest BCUT2D eigenvalue weighted by atomic mass is 79.9. The summed E-state index contributed by atoms with van der Waals surface area (Å²) >= 11 is 3.55. The third-order valence-electron chi connectivity index (χ3n) is 7.33. The fourth-order valence-electron chi connectivity index (χ4n) is 5.97. The SMILES string of the molecule is C=CCN(C(=O)[C@H]1N([C@H](CO)c2ccccc2)C(=O)[C@@H]2[C@@H](C(=O)O)[C@@H]3O[C@@]21CC3Br)C(C)(C)C. The lowest BCUT2D eigenvalue weighted by atomic mass is 9.70. The van der Waals surface area contributed by atoms with Gasteiger partial charge >= 0.3 is 5.97 Å². The maximum atomic E-state index is 14.3. The molecule has 9 heteroatoms. The van der Waals surface area contributed by atoms with E-state index < -0.39 is 59.6 Å². The molecular weight excluding hydrogens is 504 g/mol. The molecule has 1 unspecified atom stereocenters. The highest BCUT2D eigenvalue weighted by Gasteiger charge is 2.77. The Morgan fingerprint density at radius 2 is 2.00 bits per heavy atom. The summed E-state index contributed by atoms with van der Waals surface area (Å²) in [6.07, 6.45) is 1.24. The molecule has 184 valence electrons. The first-order valence-corrected chi connectivity index (χ1v) is 12.4. The maximum Gasteiger partial charge on any atom is 0.310 e. The normalized spacial score (nSPS) is 33.0. The number of aliphatic hydroxyl groups excluding tert-OH is 1. The van der Waals surface area contributed by atoms with Crippen molar-refractivity contribution in [3.63, 3.8) is 0 Å². The van der Waals surface area contributed by atoms with E-state index >= 15 is 0 Å². The van der Waals surface area contributed by atoms with E-state index in [9.17, 15) is 24.6 Å². The van der Waals surface area contributed by atoms with Gasteiger partial charge in [-0.05, 0) is 32.8 Å². The van der Waals surface area contributed by atoms with Gasteiger partial charge in [0.2, 0.25) is 11.8 Å². The van der Waals surface area contributed by atoms with Crippen molar-refractivity contribution in [2.75, 3.05) is 13.2 Å². The van der Waals surface area contributed by atoms with Crippen LogP contribution in [-0.2, 0) is 19.1 Å². The molecule has 0 aromatic heterocycles. The number of hydrogen-bond acceptors (Lipinski definition) is 5. The topological polar surface area (TPSA) is 107 Å². The molecule has 3 aliphatic rings. The zero-order valence-electron chi connectivity index (χ0n) is 19.6. The number of carbonyl (C=O) groups is 3. The third-order valence-corrected chi connectivity index (χ3v) is 8.17. The molecule has 2 amide bonds. The van der Waals surface area contributed by atoms with E-state index in [0.29, 0.717) is 12.0 Å². The van der Waals surface area contributed by atoms with Gasteiger partial charge in [-0.25, -0.2) is 0 Å². The summed E-state index contributed by atoms with van der Waals surface area (Å²) in [6, 6.07) is 7.08. The van der Waals surface area contributed by atoms with Gasteiger partial charge in [0.05, 0.1) is 30.6 Å². The van der Waals surface area contributed by atoms with E-state index in [1.807, 2.05) is 26.8 Å². The summed E-state index contributed by atoms with van der Waals surface area (Å²) in [5.74, 6) is -4.03. The van der Waals surface area contributed by atoms with E-state index in [1.165, 1.54) is 4.90 Å². The van der Waals surface area contributed by atoms with Crippen LogP contribution in [0.2, 0.25) is 0 Å². The molecular formula is C25H31BrN2O6. The van der Waals surface area contributed by atoms with Crippen LogP contribution in [0.5, 0.6) is 0 Å². The van der Waals surface area contributed by atoms with Gasteiger partial charge in [-0.1, -0.05) is 52.3 Å². The number of nitrogens with zero attached hydrogens (tertiary/aromatic N) is 2. The van der Waals surface area contributed by atoms with Crippen molar-refractivity contribution in [3.8, 4) is 0 Å². The molecule has 34 heavy (non-hydrogen) atoms. The van der Waals surface area contributed by atoms with Crippen molar-refractivity contribution < 1.29 is 29.3 Å². The number of aliphatic hydroxyl groups is 1. The number of fused-ring (bicyclic) bond motifs is 1. The fourth-order valence-corrected chi connectivity index (χ4v) is 6.91. The summed E-state index contributed by atoms with van der Waals surface area (Å²) in [4.78, 5) is 43.2. The van der Waals surface area contributed by atoms with Gasteiger partial charge in [0.1, 0.15) is 11.6 Å². The molecule has 3 heterocycles. The monoisotopic (exact) mass is 534 g/mol. The van der Waals surface area contributed by atoms with Crippen LogP contribution in [0.15, 0.2) is 43.0 Å². The van der Waals surface area contributed by atoms with Crippen molar-refractivity contribution in [1.29, 1.82) is 0 Å². The number of hydrogen-bond donors (Lipinski definition) is 2. The lowest BCUT2D eigenvalue weighted by Gasteiger charge is -2.43. The van der Waals surface area contributed by atoms with E-state index in [2.05, 4.69) is 22.5 Å².